The summed E-state index contributed by atoms with van der Waals surface area (Å²) in [6.07, 6.45) is -4.82. The number of hydrogen-bond acceptors (Lipinski definition) is 9. The first-order chi connectivity index (χ1) is 16.3. The number of anilines is 1. The maximum absolute atomic E-state index is 12.7. The van der Waals surface area contributed by atoms with Gasteiger partial charge in [0.05, 0.1) is 30.6 Å². The third-order valence-electron chi connectivity index (χ3n) is 5.84. The quantitative estimate of drug-likeness (QED) is 0.442. The molecule has 4 heterocycles. The third-order valence-corrected chi connectivity index (χ3v) is 6.94. The first-order valence-corrected chi connectivity index (χ1v) is 11.6. The Hall–Kier alpha value is -2.45. The summed E-state index contributed by atoms with van der Waals surface area (Å²) in [7, 11) is 0. The number of aliphatic hydroxyl groups is 2. The number of rotatable bonds is 6. The Bertz CT molecular complexity index is 1140. The van der Waals surface area contributed by atoms with Gasteiger partial charge in [-0.2, -0.15) is 13.2 Å². The summed E-state index contributed by atoms with van der Waals surface area (Å²) in [5.41, 5.74) is 0.207. The van der Waals surface area contributed by atoms with E-state index in [1.165, 1.54) is 36.5 Å². The van der Waals surface area contributed by atoms with Crippen LogP contribution in [0.3, 0.4) is 0 Å². The van der Waals surface area contributed by atoms with E-state index < -0.39 is 36.3 Å². The van der Waals surface area contributed by atoms with E-state index >= 15 is 0 Å². The Morgan fingerprint density at radius 2 is 1.91 bits per heavy atom. The van der Waals surface area contributed by atoms with Gasteiger partial charge in [0.25, 0.3) is 0 Å². The Kier molecular flexibility index (Phi) is 6.37. The Balaban J connectivity index is 1.29. The predicted molar refractivity (Wildman–Crippen MR) is 116 cm³/mol. The molecule has 0 saturated carbocycles. The number of imidazole rings is 1. The SMILES string of the molecule is O[C@@H]1[C@@H](CSc2ccc(C(F)(F)F)cc2)OC(n2cnc3c(N[C@@H]4CCOC4)ncnc32)[C@@H]1O. The van der Waals surface area contributed by atoms with Gasteiger partial charge in [0.2, 0.25) is 0 Å². The van der Waals surface area contributed by atoms with E-state index in [0.29, 0.717) is 35.1 Å². The Morgan fingerprint density at radius 3 is 2.62 bits per heavy atom. The molecule has 5 rings (SSSR count). The molecule has 0 radical (unpaired) electrons. The molecule has 0 amide bonds. The minimum atomic E-state index is -4.40. The maximum Gasteiger partial charge on any atom is 0.416 e. The van der Waals surface area contributed by atoms with Crippen LogP contribution in [-0.4, -0.2) is 73.1 Å². The summed E-state index contributed by atoms with van der Waals surface area (Å²) in [6.45, 7) is 1.24. The minimum absolute atomic E-state index is 0.116. The number of aromatic nitrogens is 4. The third kappa shape index (κ3) is 4.58. The number of fused-ring (bicyclic) bond motifs is 1. The second-order valence-electron chi connectivity index (χ2n) is 8.13. The van der Waals surface area contributed by atoms with Crippen molar-refractivity contribution in [3.63, 3.8) is 0 Å². The maximum atomic E-state index is 12.7. The number of nitrogens with one attached hydrogen (secondary N) is 1. The van der Waals surface area contributed by atoms with Crippen molar-refractivity contribution >= 4 is 28.7 Å². The van der Waals surface area contributed by atoms with Crippen LogP contribution in [0.1, 0.15) is 18.2 Å². The number of hydrogen-bond donors (Lipinski definition) is 3. The summed E-state index contributed by atoms with van der Waals surface area (Å²) in [5, 5.41) is 24.5. The lowest BCUT2D eigenvalue weighted by molar-refractivity contribution is -0.137. The van der Waals surface area contributed by atoms with Gasteiger partial charge in [-0.25, -0.2) is 15.0 Å². The van der Waals surface area contributed by atoms with Gasteiger partial charge >= 0.3 is 6.18 Å². The van der Waals surface area contributed by atoms with Crippen molar-refractivity contribution in [3.05, 3.63) is 42.5 Å². The smallest absolute Gasteiger partial charge is 0.387 e. The molecule has 1 aromatic carbocycles. The molecule has 34 heavy (non-hydrogen) atoms. The number of benzene rings is 1. The van der Waals surface area contributed by atoms with E-state index in [1.807, 2.05) is 0 Å². The Morgan fingerprint density at radius 1 is 1.12 bits per heavy atom. The van der Waals surface area contributed by atoms with Gasteiger partial charge in [0, 0.05) is 17.3 Å². The zero-order valence-corrected chi connectivity index (χ0v) is 18.5. The first kappa shape index (κ1) is 23.3. The number of nitrogens with zero attached hydrogens (tertiary/aromatic N) is 4. The molecule has 2 saturated heterocycles. The van der Waals surface area contributed by atoms with Crippen molar-refractivity contribution in [2.24, 2.45) is 0 Å². The number of thioether (sulfide) groups is 1. The number of aliphatic hydroxyl groups excluding tert-OH is 2. The van der Waals surface area contributed by atoms with Crippen LogP contribution in [-0.2, 0) is 15.7 Å². The van der Waals surface area contributed by atoms with Crippen LogP contribution in [0.2, 0.25) is 0 Å². The average Bonchev–Trinajstić information content (AvgIpc) is 3.54. The summed E-state index contributed by atoms with van der Waals surface area (Å²) in [4.78, 5) is 13.5. The lowest BCUT2D eigenvalue weighted by Crippen LogP contribution is -2.32. The van der Waals surface area contributed by atoms with Crippen LogP contribution < -0.4 is 5.32 Å². The van der Waals surface area contributed by atoms with E-state index in [-0.39, 0.29) is 11.8 Å². The minimum Gasteiger partial charge on any atom is -0.387 e. The molecule has 1 unspecified atom stereocenters. The normalized spacial score (nSPS) is 27.5. The molecule has 0 spiro atoms. The van der Waals surface area contributed by atoms with Gasteiger partial charge in [-0.3, -0.25) is 4.57 Å². The fraction of sp³-hybridized carbons (Fsp3) is 0.476. The molecule has 2 aromatic heterocycles. The molecule has 2 aliphatic rings. The van der Waals surface area contributed by atoms with E-state index in [4.69, 9.17) is 9.47 Å². The van der Waals surface area contributed by atoms with Crippen LogP contribution in [0, 0.1) is 0 Å². The summed E-state index contributed by atoms with van der Waals surface area (Å²) in [6, 6.07) is 4.86. The van der Waals surface area contributed by atoms with E-state index in [1.54, 1.807) is 4.57 Å². The van der Waals surface area contributed by atoms with Crippen LogP contribution >= 0.6 is 11.8 Å². The van der Waals surface area contributed by atoms with Crippen molar-refractivity contribution in [3.8, 4) is 0 Å². The highest BCUT2D eigenvalue weighted by Gasteiger charge is 2.44. The highest BCUT2D eigenvalue weighted by molar-refractivity contribution is 7.99. The lowest BCUT2D eigenvalue weighted by Gasteiger charge is -2.17. The lowest BCUT2D eigenvalue weighted by atomic mass is 10.1. The van der Waals surface area contributed by atoms with Gasteiger partial charge in [-0.15, -0.1) is 11.8 Å². The highest BCUT2D eigenvalue weighted by atomic mass is 32.2. The predicted octanol–water partition coefficient (Wildman–Crippen LogP) is 2.46. The van der Waals surface area contributed by atoms with Crippen molar-refractivity contribution in [1.29, 1.82) is 0 Å². The van der Waals surface area contributed by atoms with E-state index in [2.05, 4.69) is 20.3 Å². The van der Waals surface area contributed by atoms with Crippen molar-refractivity contribution < 1.29 is 32.9 Å². The molecular formula is C21H22F3N5O4S. The van der Waals surface area contributed by atoms with Crippen LogP contribution in [0.15, 0.2) is 41.8 Å². The van der Waals surface area contributed by atoms with Crippen LogP contribution in [0.5, 0.6) is 0 Å². The zero-order valence-electron chi connectivity index (χ0n) is 17.7. The van der Waals surface area contributed by atoms with Gasteiger partial charge in [0.1, 0.15) is 18.5 Å². The molecular weight excluding hydrogens is 475 g/mol. The molecule has 3 aromatic rings. The molecule has 0 bridgehead atoms. The molecule has 182 valence electrons. The summed E-state index contributed by atoms with van der Waals surface area (Å²) in [5.74, 6) is 0.776. The topological polar surface area (TPSA) is 115 Å². The van der Waals surface area contributed by atoms with Crippen LogP contribution in [0.4, 0.5) is 19.0 Å². The molecule has 2 aliphatic heterocycles. The van der Waals surface area contributed by atoms with Gasteiger partial charge in [0.15, 0.2) is 23.2 Å². The number of ether oxygens (including phenoxy) is 2. The molecule has 5 atom stereocenters. The number of alkyl halides is 3. The largest absolute Gasteiger partial charge is 0.416 e. The Labute approximate surface area is 196 Å². The fourth-order valence-electron chi connectivity index (χ4n) is 4.00. The molecule has 9 nitrogen and oxygen atoms in total. The zero-order chi connectivity index (χ0) is 23.9. The fourth-order valence-corrected chi connectivity index (χ4v) is 4.96. The number of halogens is 3. The second-order valence-corrected chi connectivity index (χ2v) is 9.22. The summed E-state index contributed by atoms with van der Waals surface area (Å²) >= 11 is 1.23. The summed E-state index contributed by atoms with van der Waals surface area (Å²) < 4.78 is 51.1. The van der Waals surface area contributed by atoms with Crippen molar-refractivity contribution in [2.45, 2.75) is 48.1 Å². The van der Waals surface area contributed by atoms with Crippen molar-refractivity contribution in [1.82, 2.24) is 19.5 Å². The van der Waals surface area contributed by atoms with Gasteiger partial charge in [-0.1, -0.05) is 0 Å². The molecule has 3 N–H and O–H groups in total. The second kappa shape index (κ2) is 9.30. The van der Waals surface area contributed by atoms with Gasteiger partial charge in [-0.05, 0) is 30.7 Å². The standard InChI is InChI=1S/C21H22F3N5O4S/c22-21(23,24)11-1-3-13(4-2-11)34-8-14-16(30)17(31)20(33-14)29-10-27-15-18(25-9-26-19(15)29)28-12-5-6-32-7-12/h1-4,9-10,12,14,16-17,20,30-31H,5-8H2,(H,25,26,28)/t12-,14-,16-,17-,20?/m1/s1. The molecule has 0 aliphatic carbocycles. The van der Waals surface area contributed by atoms with Crippen molar-refractivity contribution in [2.75, 3.05) is 24.3 Å². The van der Waals surface area contributed by atoms with E-state index in [9.17, 15) is 23.4 Å². The van der Waals surface area contributed by atoms with Gasteiger partial charge < -0.3 is 25.0 Å². The molecule has 2 fully saturated rings. The first-order valence-electron chi connectivity index (χ1n) is 10.6. The van der Waals surface area contributed by atoms with Crippen LogP contribution in [0.25, 0.3) is 11.2 Å². The monoisotopic (exact) mass is 497 g/mol. The van der Waals surface area contributed by atoms with E-state index in [0.717, 1.165) is 18.6 Å². The molecule has 13 heteroatoms. The highest BCUT2D eigenvalue weighted by Crippen LogP contribution is 2.36. The average molecular weight is 497 g/mol.